The van der Waals surface area contributed by atoms with Crippen LogP contribution >= 0.6 is 24.0 Å². The molecule has 0 spiro atoms. The normalized spacial score (nSPS) is 11.3. The predicted molar refractivity (Wildman–Crippen MR) is 75.5 cm³/mol. The average molecular weight is 293 g/mol. The third-order valence-electron chi connectivity index (χ3n) is 2.00. The van der Waals surface area contributed by atoms with Gasteiger partial charge in [0.1, 0.15) is 12.4 Å². The molecule has 1 amide bonds. The van der Waals surface area contributed by atoms with Gasteiger partial charge in [-0.25, -0.2) is 0 Å². The zero-order valence-electron chi connectivity index (χ0n) is 10.2. The highest BCUT2D eigenvalue weighted by Crippen LogP contribution is 2.16. The first-order valence-electron chi connectivity index (χ1n) is 5.48. The number of nitrogens with two attached hydrogens (primary N) is 1. The van der Waals surface area contributed by atoms with Gasteiger partial charge in [0.2, 0.25) is 5.91 Å². The van der Waals surface area contributed by atoms with E-state index in [1.54, 1.807) is 19.1 Å². The van der Waals surface area contributed by atoms with Gasteiger partial charge in [0.25, 0.3) is 0 Å². The summed E-state index contributed by atoms with van der Waals surface area (Å²) in [5, 5.41) is 3.35. The van der Waals surface area contributed by atoms with Gasteiger partial charge in [-0.15, -0.1) is 12.4 Å². The van der Waals surface area contributed by atoms with Gasteiger partial charge in [0.05, 0.1) is 6.54 Å². The van der Waals surface area contributed by atoms with Crippen LogP contribution in [0, 0.1) is 0 Å². The Bertz CT molecular complexity index is 373. The number of hydrogen-bond acceptors (Lipinski definition) is 3. The lowest BCUT2D eigenvalue weighted by Gasteiger charge is -2.09. The van der Waals surface area contributed by atoms with E-state index in [0.717, 1.165) is 0 Å². The summed E-state index contributed by atoms with van der Waals surface area (Å²) in [6, 6.07) is 7.01. The molecule has 1 rings (SSSR count). The molecule has 0 aliphatic carbocycles. The zero-order chi connectivity index (χ0) is 12.7. The van der Waals surface area contributed by atoms with Gasteiger partial charge in [-0.05, 0) is 25.1 Å². The molecule has 0 saturated heterocycles. The third kappa shape index (κ3) is 7.37. The number of carbonyl (C=O) groups is 1. The van der Waals surface area contributed by atoms with Crippen LogP contribution < -0.4 is 15.8 Å². The summed E-state index contributed by atoms with van der Waals surface area (Å²) in [6.07, 6.45) is 0.331. The van der Waals surface area contributed by atoms with Gasteiger partial charge in [-0.3, -0.25) is 4.79 Å². The number of hydrogen-bond donors (Lipinski definition) is 2. The van der Waals surface area contributed by atoms with Crippen molar-refractivity contribution in [3.05, 3.63) is 29.3 Å². The first-order valence-corrected chi connectivity index (χ1v) is 5.86. The summed E-state index contributed by atoms with van der Waals surface area (Å²) in [7, 11) is 0. The largest absolute Gasteiger partial charge is 0.492 e. The Kier molecular flexibility index (Phi) is 8.54. The molecule has 1 unspecified atom stereocenters. The van der Waals surface area contributed by atoms with E-state index in [4.69, 9.17) is 22.1 Å². The minimum absolute atomic E-state index is 0. The fourth-order valence-electron chi connectivity index (χ4n) is 1.28. The van der Waals surface area contributed by atoms with E-state index in [1.807, 2.05) is 12.1 Å². The van der Waals surface area contributed by atoms with Crippen molar-refractivity contribution >= 4 is 29.9 Å². The quantitative estimate of drug-likeness (QED) is 0.788. The van der Waals surface area contributed by atoms with Crippen molar-refractivity contribution in [2.45, 2.75) is 19.4 Å². The molecule has 1 aromatic rings. The maximum Gasteiger partial charge on any atom is 0.221 e. The highest BCUT2D eigenvalue weighted by molar-refractivity contribution is 6.30. The molecule has 1 atom stereocenters. The monoisotopic (exact) mass is 292 g/mol. The fraction of sp³-hybridized carbons (Fsp3) is 0.417. The molecule has 0 radical (unpaired) electrons. The highest BCUT2D eigenvalue weighted by atomic mass is 35.5. The van der Waals surface area contributed by atoms with Crippen molar-refractivity contribution in [1.29, 1.82) is 0 Å². The van der Waals surface area contributed by atoms with Crippen LogP contribution in [0.25, 0.3) is 0 Å². The maximum atomic E-state index is 11.3. The number of halogens is 2. The molecule has 0 bridgehead atoms. The third-order valence-corrected chi connectivity index (χ3v) is 2.23. The molecular formula is C12H18Cl2N2O2. The second kappa shape index (κ2) is 9.03. The Morgan fingerprint density at radius 3 is 2.89 bits per heavy atom. The Balaban J connectivity index is 0.00000289. The van der Waals surface area contributed by atoms with Crippen LogP contribution in [0.4, 0.5) is 0 Å². The minimum Gasteiger partial charge on any atom is -0.492 e. The van der Waals surface area contributed by atoms with E-state index in [9.17, 15) is 4.79 Å². The molecule has 0 aliphatic rings. The molecule has 6 heteroatoms. The van der Waals surface area contributed by atoms with Crippen molar-refractivity contribution in [1.82, 2.24) is 5.32 Å². The summed E-state index contributed by atoms with van der Waals surface area (Å²) in [6.45, 7) is 2.66. The first kappa shape index (κ1) is 17.0. The smallest absolute Gasteiger partial charge is 0.221 e. The van der Waals surface area contributed by atoms with Gasteiger partial charge in [-0.1, -0.05) is 17.7 Å². The number of amides is 1. The highest BCUT2D eigenvalue weighted by Gasteiger charge is 2.03. The number of ether oxygens (including phenoxy) is 1. The van der Waals surface area contributed by atoms with Crippen LogP contribution in [-0.4, -0.2) is 25.1 Å². The van der Waals surface area contributed by atoms with Crippen molar-refractivity contribution in [2.24, 2.45) is 5.73 Å². The molecule has 0 heterocycles. The number of rotatable bonds is 6. The predicted octanol–water partition coefficient (Wildman–Crippen LogP) is 1.99. The van der Waals surface area contributed by atoms with E-state index in [1.165, 1.54) is 0 Å². The average Bonchev–Trinajstić information content (AvgIpc) is 2.23. The molecule has 18 heavy (non-hydrogen) atoms. The zero-order valence-corrected chi connectivity index (χ0v) is 11.8. The molecule has 1 aromatic carbocycles. The lowest BCUT2D eigenvalue weighted by molar-refractivity contribution is -0.121. The lowest BCUT2D eigenvalue weighted by atomic mass is 10.2. The SMILES string of the molecule is CC(N)CC(=O)NCCOc1cccc(Cl)c1.Cl. The van der Waals surface area contributed by atoms with E-state index in [0.29, 0.717) is 30.3 Å². The van der Waals surface area contributed by atoms with E-state index in [-0.39, 0.29) is 24.4 Å². The van der Waals surface area contributed by atoms with Crippen LogP contribution in [0.1, 0.15) is 13.3 Å². The van der Waals surface area contributed by atoms with Crippen LogP contribution in [0.3, 0.4) is 0 Å². The molecule has 4 nitrogen and oxygen atoms in total. The summed E-state index contributed by atoms with van der Waals surface area (Å²) >= 11 is 5.80. The maximum absolute atomic E-state index is 11.3. The van der Waals surface area contributed by atoms with Gasteiger partial charge < -0.3 is 15.8 Å². The second-order valence-corrected chi connectivity index (χ2v) is 4.27. The van der Waals surface area contributed by atoms with Crippen molar-refractivity contribution in [2.75, 3.05) is 13.2 Å². The molecule has 0 aliphatic heterocycles. The first-order chi connectivity index (χ1) is 8.08. The second-order valence-electron chi connectivity index (χ2n) is 3.84. The van der Waals surface area contributed by atoms with E-state index in [2.05, 4.69) is 5.32 Å². The van der Waals surface area contributed by atoms with Crippen LogP contribution in [0.2, 0.25) is 5.02 Å². The van der Waals surface area contributed by atoms with Crippen molar-refractivity contribution in [3.8, 4) is 5.75 Å². The van der Waals surface area contributed by atoms with Gasteiger partial charge in [0.15, 0.2) is 0 Å². The topological polar surface area (TPSA) is 64.4 Å². The summed E-state index contributed by atoms with van der Waals surface area (Å²) in [5.41, 5.74) is 5.50. The molecule has 0 aromatic heterocycles. The van der Waals surface area contributed by atoms with E-state index < -0.39 is 0 Å². The summed E-state index contributed by atoms with van der Waals surface area (Å²) in [5.74, 6) is 0.633. The minimum atomic E-state index is -0.121. The van der Waals surface area contributed by atoms with Crippen molar-refractivity contribution in [3.63, 3.8) is 0 Å². The Morgan fingerprint density at radius 2 is 2.28 bits per heavy atom. The number of carbonyl (C=O) groups excluding carboxylic acids is 1. The molecular weight excluding hydrogens is 275 g/mol. The molecule has 0 fully saturated rings. The van der Waals surface area contributed by atoms with Gasteiger partial charge in [-0.2, -0.15) is 0 Å². The van der Waals surface area contributed by atoms with Crippen molar-refractivity contribution < 1.29 is 9.53 Å². The summed E-state index contributed by atoms with van der Waals surface area (Å²) in [4.78, 5) is 11.3. The van der Waals surface area contributed by atoms with Crippen LogP contribution in [-0.2, 0) is 4.79 Å². The Hall–Kier alpha value is -0.970. The fourth-order valence-corrected chi connectivity index (χ4v) is 1.46. The molecule has 3 N–H and O–H groups in total. The number of benzene rings is 1. The lowest BCUT2D eigenvalue weighted by Crippen LogP contribution is -2.32. The van der Waals surface area contributed by atoms with Gasteiger partial charge in [0, 0.05) is 17.5 Å². The Labute approximate surface area is 118 Å². The van der Waals surface area contributed by atoms with Gasteiger partial charge >= 0.3 is 0 Å². The van der Waals surface area contributed by atoms with Crippen LogP contribution in [0.5, 0.6) is 5.75 Å². The Morgan fingerprint density at radius 1 is 1.56 bits per heavy atom. The molecule has 102 valence electrons. The van der Waals surface area contributed by atoms with Crippen LogP contribution in [0.15, 0.2) is 24.3 Å². The summed E-state index contributed by atoms with van der Waals surface area (Å²) < 4.78 is 5.41. The standard InChI is InChI=1S/C12H17ClN2O2.ClH/c1-9(14)7-12(16)15-5-6-17-11-4-2-3-10(13)8-11;/h2-4,8-9H,5-7,14H2,1H3,(H,15,16);1H. The van der Waals surface area contributed by atoms with E-state index >= 15 is 0 Å². The molecule has 0 saturated carbocycles. The number of nitrogens with one attached hydrogen (secondary N) is 1.